The van der Waals surface area contributed by atoms with E-state index in [1.807, 2.05) is 13.0 Å². The molecule has 0 aliphatic rings. The topological polar surface area (TPSA) is 55.0 Å². The highest BCUT2D eigenvalue weighted by molar-refractivity contribution is 7.80. The van der Waals surface area contributed by atoms with Crippen molar-refractivity contribution in [3.05, 3.63) is 17.5 Å². The molecule has 94 valence electrons. The number of hydrogen-bond acceptors (Lipinski definition) is 4. The number of nitrogens with zero attached hydrogens (tertiary/aromatic N) is 3. The molecule has 1 aromatic rings. The molecule has 0 fully saturated rings. The molecule has 5 heteroatoms. The normalized spacial score (nSPS) is 10.6. The summed E-state index contributed by atoms with van der Waals surface area (Å²) in [5, 5.41) is 0. The predicted octanol–water partition coefficient (Wildman–Crippen LogP) is 1.90. The monoisotopic (exact) mass is 252 g/mol. The van der Waals surface area contributed by atoms with Crippen LogP contribution in [0.4, 0.5) is 5.95 Å². The molecule has 0 amide bonds. The summed E-state index contributed by atoms with van der Waals surface area (Å²) in [4.78, 5) is 11.3. The number of thiocarbonyl (C=S) groups is 1. The fourth-order valence-corrected chi connectivity index (χ4v) is 1.72. The molecule has 0 aliphatic carbocycles. The van der Waals surface area contributed by atoms with Crippen LogP contribution in [-0.2, 0) is 0 Å². The van der Waals surface area contributed by atoms with Gasteiger partial charge in [-0.2, -0.15) is 0 Å². The number of hydrogen-bond donors (Lipinski definition) is 1. The molecule has 17 heavy (non-hydrogen) atoms. The van der Waals surface area contributed by atoms with Crippen molar-refractivity contribution in [2.45, 2.75) is 27.7 Å². The molecule has 1 rings (SSSR count). The van der Waals surface area contributed by atoms with Gasteiger partial charge in [-0.15, -0.1) is 0 Å². The van der Waals surface area contributed by atoms with Gasteiger partial charge in [0.2, 0.25) is 5.95 Å². The van der Waals surface area contributed by atoms with Gasteiger partial charge >= 0.3 is 0 Å². The van der Waals surface area contributed by atoms with Gasteiger partial charge in [0.1, 0.15) is 10.7 Å². The minimum Gasteiger partial charge on any atom is -0.388 e. The summed E-state index contributed by atoms with van der Waals surface area (Å²) < 4.78 is 0. The van der Waals surface area contributed by atoms with Crippen LogP contribution in [0, 0.1) is 12.8 Å². The van der Waals surface area contributed by atoms with Crippen LogP contribution in [0.15, 0.2) is 6.07 Å². The number of nitrogens with two attached hydrogens (primary N) is 1. The standard InChI is InChI=1S/C12H20N4S/c1-5-16(7-8(2)3)12-14-9(4)6-10(15-12)11(13)17/h6,8H,5,7H2,1-4H3,(H2,13,17). The average Bonchev–Trinajstić information content (AvgIpc) is 2.24. The van der Waals surface area contributed by atoms with Crippen LogP contribution < -0.4 is 10.6 Å². The second kappa shape index (κ2) is 5.91. The van der Waals surface area contributed by atoms with Crippen molar-refractivity contribution in [3.8, 4) is 0 Å². The van der Waals surface area contributed by atoms with E-state index in [1.54, 1.807) is 0 Å². The first-order valence-corrected chi connectivity index (χ1v) is 6.25. The van der Waals surface area contributed by atoms with Crippen molar-refractivity contribution in [1.29, 1.82) is 0 Å². The van der Waals surface area contributed by atoms with E-state index in [4.69, 9.17) is 18.0 Å². The summed E-state index contributed by atoms with van der Waals surface area (Å²) in [6.45, 7) is 10.2. The lowest BCUT2D eigenvalue weighted by atomic mass is 10.2. The van der Waals surface area contributed by atoms with Crippen LogP contribution in [0.2, 0.25) is 0 Å². The number of aryl methyl sites for hydroxylation is 1. The van der Waals surface area contributed by atoms with Gasteiger partial charge in [0.05, 0.1) is 0 Å². The molecule has 0 atom stereocenters. The Hall–Kier alpha value is -1.23. The Morgan fingerprint density at radius 3 is 2.59 bits per heavy atom. The SMILES string of the molecule is CCN(CC(C)C)c1nc(C)cc(C(N)=S)n1. The summed E-state index contributed by atoms with van der Waals surface area (Å²) in [6, 6.07) is 1.81. The Kier molecular flexibility index (Phi) is 4.81. The van der Waals surface area contributed by atoms with E-state index < -0.39 is 0 Å². The van der Waals surface area contributed by atoms with E-state index in [-0.39, 0.29) is 0 Å². The van der Waals surface area contributed by atoms with Crippen LogP contribution in [0.5, 0.6) is 0 Å². The van der Waals surface area contributed by atoms with E-state index in [1.165, 1.54) is 0 Å². The molecule has 4 nitrogen and oxygen atoms in total. The zero-order valence-electron chi connectivity index (χ0n) is 10.9. The quantitative estimate of drug-likeness (QED) is 0.811. The van der Waals surface area contributed by atoms with E-state index in [9.17, 15) is 0 Å². The molecule has 0 spiro atoms. The number of rotatable bonds is 5. The molecule has 0 aliphatic heterocycles. The third-order valence-corrected chi connectivity index (χ3v) is 2.55. The number of anilines is 1. The van der Waals surface area contributed by atoms with Gasteiger partial charge in [-0.25, -0.2) is 9.97 Å². The maximum absolute atomic E-state index is 5.62. The summed E-state index contributed by atoms with van der Waals surface area (Å²) in [5.74, 6) is 1.27. The second-order valence-corrected chi connectivity index (χ2v) is 4.93. The smallest absolute Gasteiger partial charge is 0.226 e. The molecule has 0 saturated carbocycles. The molecular formula is C12H20N4S. The predicted molar refractivity (Wildman–Crippen MR) is 75.4 cm³/mol. The first-order valence-electron chi connectivity index (χ1n) is 5.84. The Morgan fingerprint density at radius 2 is 2.12 bits per heavy atom. The van der Waals surface area contributed by atoms with Crippen molar-refractivity contribution in [2.24, 2.45) is 11.7 Å². The molecule has 0 bridgehead atoms. The van der Waals surface area contributed by atoms with Gasteiger partial charge in [0.15, 0.2) is 0 Å². The van der Waals surface area contributed by atoms with Gasteiger partial charge in [0.25, 0.3) is 0 Å². The van der Waals surface area contributed by atoms with Crippen molar-refractivity contribution in [2.75, 3.05) is 18.0 Å². The minimum atomic E-state index is 0.317. The van der Waals surface area contributed by atoms with E-state index in [2.05, 4.69) is 35.6 Å². The summed E-state index contributed by atoms with van der Waals surface area (Å²) in [6.07, 6.45) is 0. The fourth-order valence-electron chi connectivity index (χ4n) is 1.61. The van der Waals surface area contributed by atoms with Gasteiger partial charge in [-0.05, 0) is 25.8 Å². The molecule has 0 radical (unpaired) electrons. The van der Waals surface area contributed by atoms with Gasteiger partial charge < -0.3 is 10.6 Å². The highest BCUT2D eigenvalue weighted by Gasteiger charge is 2.12. The van der Waals surface area contributed by atoms with Gasteiger partial charge in [0, 0.05) is 18.8 Å². The Bertz CT molecular complexity index is 403. The largest absolute Gasteiger partial charge is 0.388 e. The zero-order chi connectivity index (χ0) is 13.0. The highest BCUT2D eigenvalue weighted by Crippen LogP contribution is 2.12. The van der Waals surface area contributed by atoms with Crippen LogP contribution in [0.3, 0.4) is 0 Å². The van der Waals surface area contributed by atoms with Crippen LogP contribution in [-0.4, -0.2) is 28.0 Å². The summed E-state index contributed by atoms with van der Waals surface area (Å²) >= 11 is 4.96. The lowest BCUT2D eigenvalue weighted by Crippen LogP contribution is -2.30. The van der Waals surface area contributed by atoms with Crippen LogP contribution >= 0.6 is 12.2 Å². The molecule has 1 aromatic heterocycles. The van der Waals surface area contributed by atoms with Crippen molar-refractivity contribution in [3.63, 3.8) is 0 Å². The minimum absolute atomic E-state index is 0.317. The highest BCUT2D eigenvalue weighted by atomic mass is 32.1. The van der Waals surface area contributed by atoms with Crippen LogP contribution in [0.1, 0.15) is 32.2 Å². The Labute approximate surface area is 108 Å². The van der Waals surface area contributed by atoms with Crippen molar-refractivity contribution < 1.29 is 0 Å². The maximum atomic E-state index is 5.62. The molecule has 1 heterocycles. The maximum Gasteiger partial charge on any atom is 0.226 e. The van der Waals surface area contributed by atoms with Gasteiger partial charge in [-0.1, -0.05) is 26.1 Å². The molecular weight excluding hydrogens is 232 g/mol. The van der Waals surface area contributed by atoms with Crippen molar-refractivity contribution in [1.82, 2.24) is 9.97 Å². The van der Waals surface area contributed by atoms with Crippen molar-refractivity contribution >= 4 is 23.2 Å². The third kappa shape index (κ3) is 3.93. The second-order valence-electron chi connectivity index (χ2n) is 4.49. The zero-order valence-corrected chi connectivity index (χ0v) is 11.7. The lowest BCUT2D eigenvalue weighted by Gasteiger charge is -2.23. The summed E-state index contributed by atoms with van der Waals surface area (Å²) in [5.41, 5.74) is 7.15. The molecule has 0 unspecified atom stereocenters. The average molecular weight is 252 g/mol. The van der Waals surface area contributed by atoms with E-state index in [0.717, 1.165) is 18.8 Å². The summed E-state index contributed by atoms with van der Waals surface area (Å²) in [7, 11) is 0. The third-order valence-electron chi connectivity index (χ3n) is 2.34. The van der Waals surface area contributed by atoms with E-state index in [0.29, 0.717) is 22.5 Å². The fraction of sp³-hybridized carbons (Fsp3) is 0.583. The first-order chi connectivity index (χ1) is 7.93. The Balaban J connectivity index is 3.06. The molecule has 0 saturated heterocycles. The molecule has 0 aromatic carbocycles. The van der Waals surface area contributed by atoms with Crippen LogP contribution in [0.25, 0.3) is 0 Å². The van der Waals surface area contributed by atoms with E-state index >= 15 is 0 Å². The Morgan fingerprint density at radius 1 is 1.47 bits per heavy atom. The number of aromatic nitrogens is 2. The lowest BCUT2D eigenvalue weighted by molar-refractivity contribution is 0.608. The molecule has 2 N–H and O–H groups in total. The first kappa shape index (κ1) is 13.8. The van der Waals surface area contributed by atoms with Gasteiger partial charge in [-0.3, -0.25) is 0 Å².